The highest BCUT2D eigenvalue weighted by atomic mass is 32.3. The smallest absolute Gasteiger partial charge is 0.333 e. The molecule has 9 heteroatoms. The van der Waals surface area contributed by atoms with Crippen LogP contribution in [0.3, 0.4) is 0 Å². The van der Waals surface area contributed by atoms with Gasteiger partial charge in [-0.15, -0.1) is 10.3 Å². The van der Waals surface area contributed by atoms with Gasteiger partial charge in [0.1, 0.15) is 10.5 Å². The maximum atomic E-state index is 14.1. The number of aromatic amines is 1. The van der Waals surface area contributed by atoms with Gasteiger partial charge in [0.15, 0.2) is 5.43 Å². The molecule has 3 aromatic heterocycles. The Morgan fingerprint density at radius 2 is 1.90 bits per heavy atom. The van der Waals surface area contributed by atoms with Crippen LogP contribution in [0.4, 0.5) is 3.89 Å². The number of nitrogens with zero attached hydrogens (tertiary/aromatic N) is 3. The van der Waals surface area contributed by atoms with E-state index in [4.69, 9.17) is 6.42 Å². The number of benzene rings is 2. The maximum Gasteiger partial charge on any atom is 0.333 e. The number of piperidine rings is 1. The largest absolute Gasteiger partial charge is 0.340 e. The molecule has 4 heterocycles. The van der Waals surface area contributed by atoms with Crippen LogP contribution in [0.25, 0.3) is 44.0 Å². The zero-order valence-corrected chi connectivity index (χ0v) is 22.5. The second kappa shape index (κ2) is 9.33. The standard InChI is InChI=1S/C30H27FN4O3S/c1-4-18-6-7-23-26(12-18)33-30-28(23)29(36)25-14-19(5-2)24(20-13-22(17-32-16-20)39(31,37)38)15-27(25)35(30)21-8-10-34(3)11-9-21/h1,6-7,12-17,21,33H,5,8-11H2,2-3H3. The SMILES string of the molecule is C#Cc1ccc2c(c1)[nH]c1c2c(=O)c2cc(CC)c(-c3cncc(S(=O)(=O)F)c3)cc2n1C1CCN(C)CC1. The predicted octanol–water partition coefficient (Wildman–Crippen LogP) is 5.17. The molecule has 7 nitrogen and oxygen atoms in total. The molecule has 0 saturated carbocycles. The minimum absolute atomic E-state index is 0.0802. The first kappa shape index (κ1) is 25.3. The molecule has 1 fully saturated rings. The molecule has 39 heavy (non-hydrogen) atoms. The summed E-state index contributed by atoms with van der Waals surface area (Å²) in [5.74, 6) is 2.66. The zero-order valence-electron chi connectivity index (χ0n) is 21.7. The van der Waals surface area contributed by atoms with Gasteiger partial charge < -0.3 is 14.5 Å². The number of H-pyrrole nitrogens is 1. The van der Waals surface area contributed by atoms with Crippen molar-refractivity contribution in [3.05, 3.63) is 70.1 Å². The normalized spacial score (nSPS) is 15.3. The molecule has 198 valence electrons. The van der Waals surface area contributed by atoms with Gasteiger partial charge in [0.2, 0.25) is 0 Å². The average molecular weight is 543 g/mol. The Bertz CT molecular complexity index is 2000. The quantitative estimate of drug-likeness (QED) is 0.250. The second-order valence-electron chi connectivity index (χ2n) is 10.2. The van der Waals surface area contributed by atoms with Crippen molar-refractivity contribution in [1.29, 1.82) is 0 Å². The number of aromatic nitrogens is 3. The lowest BCUT2D eigenvalue weighted by Crippen LogP contribution is -2.32. The minimum atomic E-state index is -4.92. The highest BCUT2D eigenvalue weighted by molar-refractivity contribution is 7.86. The van der Waals surface area contributed by atoms with E-state index in [1.165, 1.54) is 12.3 Å². The second-order valence-corrected chi connectivity index (χ2v) is 11.6. The van der Waals surface area contributed by atoms with E-state index >= 15 is 0 Å². The number of halogens is 1. The van der Waals surface area contributed by atoms with Crippen molar-refractivity contribution in [2.45, 2.75) is 37.1 Å². The van der Waals surface area contributed by atoms with E-state index in [-0.39, 0.29) is 11.5 Å². The van der Waals surface area contributed by atoms with Crippen LogP contribution in [-0.4, -0.2) is 48.0 Å². The molecule has 0 unspecified atom stereocenters. The molecular formula is C30H27FN4O3S. The summed E-state index contributed by atoms with van der Waals surface area (Å²) in [5.41, 5.74) is 4.96. The summed E-state index contributed by atoms with van der Waals surface area (Å²) in [5, 5.41) is 2.04. The third kappa shape index (κ3) is 4.20. The molecule has 2 aromatic carbocycles. The van der Waals surface area contributed by atoms with Crippen molar-refractivity contribution < 1.29 is 12.3 Å². The fraction of sp³-hybridized carbons (Fsp3) is 0.267. The Balaban J connectivity index is 1.73. The van der Waals surface area contributed by atoms with Gasteiger partial charge in [-0.05, 0) is 80.9 Å². The zero-order chi connectivity index (χ0) is 27.5. The van der Waals surface area contributed by atoms with Gasteiger partial charge in [-0.3, -0.25) is 9.78 Å². The van der Waals surface area contributed by atoms with Gasteiger partial charge in [-0.1, -0.05) is 18.9 Å². The van der Waals surface area contributed by atoms with E-state index in [0.717, 1.165) is 65.3 Å². The number of rotatable bonds is 4. The van der Waals surface area contributed by atoms with E-state index in [0.29, 0.717) is 28.3 Å². The topological polar surface area (TPSA) is 88.1 Å². The Kier molecular flexibility index (Phi) is 6.05. The first-order valence-electron chi connectivity index (χ1n) is 12.9. The minimum Gasteiger partial charge on any atom is -0.340 e. The summed E-state index contributed by atoms with van der Waals surface area (Å²) in [4.78, 5) is 23.4. The number of fused-ring (bicyclic) bond motifs is 4. The molecule has 1 aliphatic rings. The van der Waals surface area contributed by atoms with Crippen LogP contribution in [0.2, 0.25) is 0 Å². The number of pyridine rings is 2. The van der Waals surface area contributed by atoms with E-state index < -0.39 is 15.1 Å². The van der Waals surface area contributed by atoms with Crippen molar-refractivity contribution in [2.75, 3.05) is 20.1 Å². The number of terminal acetylenes is 1. The summed E-state index contributed by atoms with van der Waals surface area (Å²) in [6, 6.07) is 10.9. The molecule has 0 spiro atoms. The number of likely N-dealkylation sites (tertiary alicyclic amines) is 1. The van der Waals surface area contributed by atoms with Crippen LogP contribution in [-0.2, 0) is 16.6 Å². The van der Waals surface area contributed by atoms with E-state index in [1.807, 2.05) is 37.3 Å². The molecular weight excluding hydrogens is 515 g/mol. The van der Waals surface area contributed by atoms with Crippen LogP contribution in [0.5, 0.6) is 0 Å². The molecule has 1 saturated heterocycles. The molecule has 5 aromatic rings. The van der Waals surface area contributed by atoms with Crippen molar-refractivity contribution in [2.24, 2.45) is 0 Å². The van der Waals surface area contributed by atoms with Crippen molar-refractivity contribution in [1.82, 2.24) is 19.4 Å². The number of nitrogens with one attached hydrogen (secondary N) is 1. The lowest BCUT2D eigenvalue weighted by Gasteiger charge is -2.32. The third-order valence-corrected chi connectivity index (χ3v) is 8.67. The van der Waals surface area contributed by atoms with Crippen LogP contribution >= 0.6 is 0 Å². The fourth-order valence-electron chi connectivity index (χ4n) is 5.85. The van der Waals surface area contributed by atoms with Crippen molar-refractivity contribution in [3.8, 4) is 23.5 Å². The number of hydrogen-bond acceptors (Lipinski definition) is 5. The summed E-state index contributed by atoms with van der Waals surface area (Å²) in [6.07, 6.45) is 10.6. The van der Waals surface area contributed by atoms with Crippen LogP contribution in [0.15, 0.2) is 58.5 Å². The van der Waals surface area contributed by atoms with Gasteiger partial charge in [0, 0.05) is 45.9 Å². The van der Waals surface area contributed by atoms with Crippen LogP contribution < -0.4 is 5.43 Å². The highest BCUT2D eigenvalue weighted by Gasteiger charge is 2.25. The van der Waals surface area contributed by atoms with E-state index in [1.54, 1.807) is 0 Å². The van der Waals surface area contributed by atoms with Gasteiger partial charge in [0.25, 0.3) is 0 Å². The number of hydrogen-bond donors (Lipinski definition) is 1. The lowest BCUT2D eigenvalue weighted by atomic mass is 9.95. The summed E-state index contributed by atoms with van der Waals surface area (Å²) in [7, 11) is -2.82. The Hall–Kier alpha value is -4.00. The van der Waals surface area contributed by atoms with Gasteiger partial charge in [0.05, 0.1) is 10.9 Å². The molecule has 0 bridgehead atoms. The predicted molar refractivity (Wildman–Crippen MR) is 152 cm³/mol. The maximum absolute atomic E-state index is 14.1. The van der Waals surface area contributed by atoms with Gasteiger partial charge in [-0.25, -0.2) is 0 Å². The molecule has 1 N–H and O–H groups in total. The molecule has 6 rings (SSSR count). The molecule has 0 aliphatic carbocycles. The molecule has 1 aliphatic heterocycles. The van der Waals surface area contributed by atoms with E-state index in [9.17, 15) is 17.1 Å². The first-order valence-corrected chi connectivity index (χ1v) is 14.3. The summed E-state index contributed by atoms with van der Waals surface area (Å²) < 4.78 is 39.3. The van der Waals surface area contributed by atoms with Crippen molar-refractivity contribution >= 4 is 43.1 Å². The average Bonchev–Trinajstić information content (AvgIpc) is 3.31. The molecule has 0 radical (unpaired) electrons. The highest BCUT2D eigenvalue weighted by Crippen LogP contribution is 2.36. The monoisotopic (exact) mass is 542 g/mol. The van der Waals surface area contributed by atoms with Gasteiger partial charge >= 0.3 is 10.2 Å². The Morgan fingerprint density at radius 3 is 2.59 bits per heavy atom. The van der Waals surface area contributed by atoms with Gasteiger partial charge in [-0.2, -0.15) is 8.42 Å². The lowest BCUT2D eigenvalue weighted by molar-refractivity contribution is 0.226. The third-order valence-electron chi connectivity index (χ3n) is 7.88. The number of aryl methyl sites for hydroxylation is 1. The Morgan fingerprint density at radius 1 is 1.13 bits per heavy atom. The molecule has 0 atom stereocenters. The van der Waals surface area contributed by atoms with Crippen LogP contribution in [0, 0.1) is 12.3 Å². The van der Waals surface area contributed by atoms with Crippen LogP contribution in [0.1, 0.15) is 36.9 Å². The van der Waals surface area contributed by atoms with Crippen molar-refractivity contribution in [3.63, 3.8) is 0 Å². The summed E-state index contributed by atoms with van der Waals surface area (Å²) in [6.45, 7) is 3.80. The first-order chi connectivity index (χ1) is 18.7. The molecule has 0 amide bonds. The Labute approximate surface area is 225 Å². The summed E-state index contributed by atoms with van der Waals surface area (Å²) >= 11 is 0. The fourth-order valence-corrected chi connectivity index (χ4v) is 6.30. The van der Waals surface area contributed by atoms with E-state index in [2.05, 4.69) is 32.4 Å².